The lowest BCUT2D eigenvalue weighted by Gasteiger charge is -2.29. The molecule has 3 rings (SSSR count). The van der Waals surface area contributed by atoms with E-state index in [4.69, 9.17) is 4.74 Å². The van der Waals surface area contributed by atoms with Gasteiger partial charge in [-0.05, 0) is 46.9 Å². The Kier molecular flexibility index (Phi) is 4.39. The van der Waals surface area contributed by atoms with Crippen LogP contribution in [-0.4, -0.2) is 36.1 Å². The Labute approximate surface area is 135 Å². The molecular weight excluding hydrogens is 383 g/mol. The van der Waals surface area contributed by atoms with E-state index in [9.17, 15) is 4.79 Å². The maximum atomic E-state index is 11.5. The minimum atomic E-state index is -0.196. The van der Waals surface area contributed by atoms with Gasteiger partial charge in [-0.2, -0.15) is 0 Å². The number of anilines is 1. The number of H-pyrrole nitrogens is 1. The topological polar surface area (TPSA) is 70.2 Å². The highest BCUT2D eigenvalue weighted by Gasteiger charge is 2.11. The molecule has 0 unspecified atom stereocenters. The van der Waals surface area contributed by atoms with E-state index in [2.05, 4.69) is 20.2 Å². The standard InChI is InChI=1S/C14H15IN4O2/c15-12-13(20)17-9-18-14(12)21-11-3-1-10(2-4-11)19-7-5-16-6-8-19/h1-4,9,16H,5-8H2,(H,17,18,20). The number of hydrogen-bond donors (Lipinski definition) is 2. The number of aromatic amines is 1. The Morgan fingerprint density at radius 2 is 1.90 bits per heavy atom. The van der Waals surface area contributed by atoms with Crippen LogP contribution >= 0.6 is 22.6 Å². The fraction of sp³-hybridized carbons (Fsp3) is 0.286. The molecule has 1 fully saturated rings. The lowest BCUT2D eigenvalue weighted by molar-refractivity contribution is 0.456. The maximum absolute atomic E-state index is 11.5. The van der Waals surface area contributed by atoms with Crippen molar-refractivity contribution in [2.24, 2.45) is 0 Å². The summed E-state index contributed by atoms with van der Waals surface area (Å²) >= 11 is 1.93. The van der Waals surface area contributed by atoms with E-state index in [1.54, 1.807) is 0 Å². The van der Waals surface area contributed by atoms with Gasteiger partial charge in [0.25, 0.3) is 5.56 Å². The molecule has 0 bridgehead atoms. The van der Waals surface area contributed by atoms with Crippen molar-refractivity contribution in [3.8, 4) is 11.6 Å². The highest BCUT2D eigenvalue weighted by Crippen LogP contribution is 2.24. The number of benzene rings is 1. The fourth-order valence-corrected chi connectivity index (χ4v) is 2.60. The van der Waals surface area contributed by atoms with Gasteiger partial charge in [-0.25, -0.2) is 4.98 Å². The Morgan fingerprint density at radius 3 is 2.62 bits per heavy atom. The summed E-state index contributed by atoms with van der Waals surface area (Å²) in [6.45, 7) is 4.03. The van der Waals surface area contributed by atoms with Crippen LogP contribution in [0.4, 0.5) is 5.69 Å². The third kappa shape index (κ3) is 3.35. The molecule has 2 N–H and O–H groups in total. The van der Waals surface area contributed by atoms with Gasteiger partial charge >= 0.3 is 0 Å². The first-order valence-corrected chi connectivity index (χ1v) is 7.79. The molecule has 0 atom stereocenters. The van der Waals surface area contributed by atoms with Crippen LogP contribution < -0.4 is 20.5 Å². The van der Waals surface area contributed by atoms with Crippen molar-refractivity contribution >= 4 is 28.3 Å². The van der Waals surface area contributed by atoms with Gasteiger partial charge < -0.3 is 19.9 Å². The zero-order valence-electron chi connectivity index (χ0n) is 11.3. The number of halogens is 1. The number of hydrogen-bond acceptors (Lipinski definition) is 5. The summed E-state index contributed by atoms with van der Waals surface area (Å²) in [7, 11) is 0. The summed E-state index contributed by atoms with van der Waals surface area (Å²) in [5.41, 5.74) is 0.982. The monoisotopic (exact) mass is 398 g/mol. The average molecular weight is 398 g/mol. The summed E-state index contributed by atoms with van der Waals surface area (Å²) < 4.78 is 6.11. The molecule has 2 aromatic rings. The Balaban J connectivity index is 1.75. The molecule has 2 heterocycles. The second-order valence-corrected chi connectivity index (χ2v) is 5.76. The molecule has 21 heavy (non-hydrogen) atoms. The van der Waals surface area contributed by atoms with Crippen molar-refractivity contribution < 1.29 is 4.74 Å². The van der Waals surface area contributed by atoms with Crippen molar-refractivity contribution in [3.63, 3.8) is 0 Å². The summed E-state index contributed by atoms with van der Waals surface area (Å²) in [6, 6.07) is 7.86. The zero-order chi connectivity index (χ0) is 14.7. The van der Waals surface area contributed by atoms with E-state index < -0.39 is 0 Å². The minimum absolute atomic E-state index is 0.196. The van der Waals surface area contributed by atoms with Gasteiger partial charge in [0.2, 0.25) is 5.88 Å². The average Bonchev–Trinajstić information content (AvgIpc) is 2.53. The first kappa shape index (κ1) is 14.3. The molecule has 0 radical (unpaired) electrons. The second-order valence-electron chi connectivity index (χ2n) is 4.68. The lowest BCUT2D eigenvalue weighted by atomic mass is 10.2. The first-order valence-electron chi connectivity index (χ1n) is 6.71. The first-order chi connectivity index (χ1) is 10.2. The van der Waals surface area contributed by atoms with Crippen LogP contribution in [-0.2, 0) is 0 Å². The molecular formula is C14H15IN4O2. The van der Waals surface area contributed by atoms with Crippen LogP contribution in [0.3, 0.4) is 0 Å². The van der Waals surface area contributed by atoms with E-state index in [0.29, 0.717) is 15.2 Å². The number of nitrogens with zero attached hydrogens (tertiary/aromatic N) is 2. The molecule has 0 aliphatic carbocycles. The molecule has 6 nitrogen and oxygen atoms in total. The Hall–Kier alpha value is -1.61. The van der Waals surface area contributed by atoms with E-state index >= 15 is 0 Å². The molecule has 1 aliphatic heterocycles. The predicted octanol–water partition coefficient (Wildman–Crippen LogP) is 1.58. The molecule has 1 aliphatic rings. The predicted molar refractivity (Wildman–Crippen MR) is 89.2 cm³/mol. The number of rotatable bonds is 3. The number of ether oxygens (including phenoxy) is 1. The molecule has 0 saturated carbocycles. The van der Waals surface area contributed by atoms with Crippen LogP contribution in [0.1, 0.15) is 0 Å². The maximum Gasteiger partial charge on any atom is 0.268 e. The third-order valence-corrected chi connectivity index (χ3v) is 4.25. The molecule has 7 heteroatoms. The zero-order valence-corrected chi connectivity index (χ0v) is 13.5. The third-order valence-electron chi connectivity index (χ3n) is 3.30. The summed E-state index contributed by atoms with van der Waals surface area (Å²) in [6.07, 6.45) is 1.34. The van der Waals surface area contributed by atoms with E-state index in [1.807, 2.05) is 46.9 Å². The van der Waals surface area contributed by atoms with Crippen LogP contribution in [0.5, 0.6) is 11.6 Å². The molecule has 0 spiro atoms. The van der Waals surface area contributed by atoms with Crippen LogP contribution in [0.2, 0.25) is 0 Å². The highest BCUT2D eigenvalue weighted by atomic mass is 127. The van der Waals surface area contributed by atoms with E-state index in [0.717, 1.165) is 26.2 Å². The van der Waals surface area contributed by atoms with Gasteiger partial charge in [0, 0.05) is 31.9 Å². The van der Waals surface area contributed by atoms with E-state index in [1.165, 1.54) is 12.0 Å². The smallest absolute Gasteiger partial charge is 0.268 e. The van der Waals surface area contributed by atoms with Crippen LogP contribution in [0.15, 0.2) is 35.4 Å². The minimum Gasteiger partial charge on any atom is -0.438 e. The number of nitrogens with one attached hydrogen (secondary N) is 2. The fourth-order valence-electron chi connectivity index (χ4n) is 2.20. The summed E-state index contributed by atoms with van der Waals surface area (Å²) in [5.74, 6) is 0.999. The lowest BCUT2D eigenvalue weighted by Crippen LogP contribution is -2.43. The number of piperazine rings is 1. The van der Waals surface area contributed by atoms with Crippen LogP contribution in [0, 0.1) is 3.57 Å². The molecule has 1 aromatic carbocycles. The van der Waals surface area contributed by atoms with Gasteiger partial charge in [0.1, 0.15) is 9.32 Å². The second kappa shape index (κ2) is 6.44. The van der Waals surface area contributed by atoms with Gasteiger partial charge in [-0.1, -0.05) is 0 Å². The van der Waals surface area contributed by atoms with Crippen molar-refractivity contribution in [2.45, 2.75) is 0 Å². The van der Waals surface area contributed by atoms with Gasteiger partial charge in [0.15, 0.2) is 0 Å². The van der Waals surface area contributed by atoms with Gasteiger partial charge in [-0.15, -0.1) is 0 Å². The van der Waals surface area contributed by atoms with Crippen molar-refractivity contribution in [1.82, 2.24) is 15.3 Å². The van der Waals surface area contributed by atoms with Crippen LogP contribution in [0.25, 0.3) is 0 Å². The summed E-state index contributed by atoms with van der Waals surface area (Å²) in [5, 5.41) is 3.33. The highest BCUT2D eigenvalue weighted by molar-refractivity contribution is 14.1. The Morgan fingerprint density at radius 1 is 1.19 bits per heavy atom. The summed E-state index contributed by atoms with van der Waals surface area (Å²) in [4.78, 5) is 20.4. The van der Waals surface area contributed by atoms with Gasteiger partial charge in [0.05, 0.1) is 6.33 Å². The van der Waals surface area contributed by atoms with Crippen molar-refractivity contribution in [3.05, 3.63) is 44.5 Å². The largest absolute Gasteiger partial charge is 0.438 e. The number of aromatic nitrogens is 2. The van der Waals surface area contributed by atoms with E-state index in [-0.39, 0.29) is 5.56 Å². The van der Waals surface area contributed by atoms with Crippen molar-refractivity contribution in [2.75, 3.05) is 31.1 Å². The Bertz CT molecular complexity index is 665. The van der Waals surface area contributed by atoms with Gasteiger partial charge in [-0.3, -0.25) is 4.79 Å². The SMILES string of the molecule is O=c1[nH]cnc(Oc2ccc(N3CCNCC3)cc2)c1I. The molecule has 1 aromatic heterocycles. The van der Waals surface area contributed by atoms with Crippen molar-refractivity contribution in [1.29, 1.82) is 0 Å². The molecule has 110 valence electrons. The quantitative estimate of drug-likeness (QED) is 0.769. The molecule has 1 saturated heterocycles. The normalized spacial score (nSPS) is 15.0. The molecule has 0 amide bonds.